The number of amides is 1. The number of likely N-dealkylation sites (N-methyl/N-ethyl adjacent to an activating group) is 2. The lowest BCUT2D eigenvalue weighted by atomic mass is 10.1. The van der Waals surface area contributed by atoms with Crippen molar-refractivity contribution in [2.45, 2.75) is 13.5 Å². The smallest absolute Gasteiger partial charge is 0.242 e. The number of carbonyl (C=O) groups is 1. The van der Waals surface area contributed by atoms with E-state index in [2.05, 4.69) is 32.9 Å². The highest BCUT2D eigenvalue weighted by Crippen LogP contribution is 2.18. The molecule has 3 aromatic rings. The fourth-order valence-corrected chi connectivity index (χ4v) is 2.57. The van der Waals surface area contributed by atoms with Crippen LogP contribution in [0.1, 0.15) is 11.1 Å². The predicted octanol–water partition coefficient (Wildman–Crippen LogP) is 1.76. The van der Waals surface area contributed by atoms with Crippen molar-refractivity contribution < 1.29 is 4.79 Å². The van der Waals surface area contributed by atoms with Gasteiger partial charge in [-0.25, -0.2) is 15.0 Å². The number of nitrogens with one attached hydrogen (secondary N) is 1. The number of aromatic nitrogens is 4. The summed E-state index contributed by atoms with van der Waals surface area (Å²) in [4.78, 5) is 31.5. The largest absolute Gasteiger partial charge is 0.348 e. The molecule has 124 valence electrons. The molecule has 3 rings (SSSR count). The number of rotatable bonds is 5. The summed E-state index contributed by atoms with van der Waals surface area (Å²) in [6.07, 6.45) is 3.03. The zero-order valence-electron chi connectivity index (χ0n) is 14.0. The number of fused-ring (bicyclic) bond motifs is 1. The second kappa shape index (κ2) is 6.66. The molecule has 1 aromatic carbocycles. The maximum atomic E-state index is 12.5. The van der Waals surface area contributed by atoms with Crippen molar-refractivity contribution in [2.24, 2.45) is 0 Å². The molecule has 0 saturated carbocycles. The van der Waals surface area contributed by atoms with Gasteiger partial charge in [-0.1, -0.05) is 24.3 Å². The van der Waals surface area contributed by atoms with E-state index in [0.29, 0.717) is 18.0 Å². The minimum absolute atomic E-state index is 0.0204. The zero-order chi connectivity index (χ0) is 17.1. The fraction of sp³-hybridized carbons (Fsp3) is 0.294. The molecule has 7 nitrogen and oxygen atoms in total. The summed E-state index contributed by atoms with van der Waals surface area (Å²) in [5.74, 6) is 0.683. The van der Waals surface area contributed by atoms with Gasteiger partial charge < -0.3 is 14.8 Å². The highest BCUT2D eigenvalue weighted by Gasteiger charge is 2.16. The second-order valence-corrected chi connectivity index (χ2v) is 5.83. The summed E-state index contributed by atoms with van der Waals surface area (Å²) in [7, 11) is 3.65. The molecule has 0 aliphatic carbocycles. The maximum absolute atomic E-state index is 12.5. The molecule has 2 heterocycles. The first-order valence-corrected chi connectivity index (χ1v) is 7.70. The van der Waals surface area contributed by atoms with Crippen LogP contribution >= 0.6 is 0 Å². The van der Waals surface area contributed by atoms with Crippen molar-refractivity contribution in [3.8, 4) is 0 Å². The van der Waals surface area contributed by atoms with Gasteiger partial charge in [0.1, 0.15) is 11.8 Å². The average Bonchev–Trinajstić information content (AvgIpc) is 3.05. The minimum Gasteiger partial charge on any atom is -0.348 e. The molecule has 0 spiro atoms. The van der Waals surface area contributed by atoms with E-state index in [0.717, 1.165) is 11.1 Å². The number of H-pyrrole nitrogens is 1. The van der Waals surface area contributed by atoms with E-state index < -0.39 is 0 Å². The molecule has 0 aliphatic heterocycles. The molecule has 24 heavy (non-hydrogen) atoms. The Labute approximate surface area is 140 Å². The van der Waals surface area contributed by atoms with E-state index >= 15 is 0 Å². The highest BCUT2D eigenvalue weighted by atomic mass is 16.2. The number of hydrogen-bond acceptors (Lipinski definition) is 5. The first-order chi connectivity index (χ1) is 11.6. The van der Waals surface area contributed by atoms with Gasteiger partial charge in [0.15, 0.2) is 11.5 Å². The average molecular weight is 324 g/mol. The van der Waals surface area contributed by atoms with Crippen LogP contribution in [0.5, 0.6) is 0 Å². The SMILES string of the molecule is Cc1ccccc1CN(C)C(=O)CN(C)c1ncnc2nc[nH]c12. The lowest BCUT2D eigenvalue weighted by Crippen LogP contribution is -2.36. The van der Waals surface area contributed by atoms with Gasteiger partial charge in [-0.3, -0.25) is 4.79 Å². The number of hydrogen-bond donors (Lipinski definition) is 1. The van der Waals surface area contributed by atoms with Crippen LogP contribution in [-0.2, 0) is 11.3 Å². The Bertz CT molecular complexity index is 859. The molecule has 0 saturated heterocycles. The van der Waals surface area contributed by atoms with Gasteiger partial charge in [0, 0.05) is 20.6 Å². The molecular formula is C17H20N6O. The summed E-state index contributed by atoms with van der Waals surface area (Å²) in [6.45, 7) is 2.87. The number of aryl methyl sites for hydroxylation is 1. The molecule has 7 heteroatoms. The molecule has 0 bridgehead atoms. The van der Waals surface area contributed by atoms with Crippen LogP contribution in [0.2, 0.25) is 0 Å². The molecule has 1 N–H and O–H groups in total. The highest BCUT2D eigenvalue weighted by molar-refractivity contribution is 5.86. The van der Waals surface area contributed by atoms with Gasteiger partial charge in [-0.15, -0.1) is 0 Å². The number of anilines is 1. The van der Waals surface area contributed by atoms with Crippen LogP contribution in [0.3, 0.4) is 0 Å². The third-order valence-corrected chi connectivity index (χ3v) is 4.03. The molecule has 0 unspecified atom stereocenters. The standard InChI is InChI=1S/C17H20N6O/c1-12-6-4-5-7-13(12)8-22(2)14(24)9-23(3)17-15-16(19-10-18-15)20-11-21-17/h4-7,10-11H,8-9H2,1-3H3,(H,18,19,20,21). The summed E-state index contributed by atoms with van der Waals surface area (Å²) < 4.78 is 0. The van der Waals surface area contributed by atoms with E-state index in [1.54, 1.807) is 16.1 Å². The summed E-state index contributed by atoms with van der Waals surface area (Å²) >= 11 is 0. The van der Waals surface area contributed by atoms with Crippen molar-refractivity contribution in [1.82, 2.24) is 24.8 Å². The zero-order valence-corrected chi connectivity index (χ0v) is 14.0. The number of carbonyl (C=O) groups excluding carboxylic acids is 1. The van der Waals surface area contributed by atoms with Crippen LogP contribution in [0.25, 0.3) is 11.2 Å². The Morgan fingerprint density at radius 2 is 1.96 bits per heavy atom. The van der Waals surface area contributed by atoms with Gasteiger partial charge in [0.25, 0.3) is 0 Å². The van der Waals surface area contributed by atoms with Crippen LogP contribution in [0.4, 0.5) is 5.82 Å². The van der Waals surface area contributed by atoms with Gasteiger partial charge in [0.05, 0.1) is 12.9 Å². The number of aromatic amines is 1. The molecule has 2 aromatic heterocycles. The predicted molar refractivity (Wildman–Crippen MR) is 92.6 cm³/mol. The first kappa shape index (κ1) is 15.9. The molecular weight excluding hydrogens is 304 g/mol. The third-order valence-electron chi connectivity index (χ3n) is 4.03. The molecule has 0 atom stereocenters. The summed E-state index contributed by atoms with van der Waals surface area (Å²) in [6, 6.07) is 8.08. The van der Waals surface area contributed by atoms with Gasteiger partial charge >= 0.3 is 0 Å². The van der Waals surface area contributed by atoms with Crippen LogP contribution in [-0.4, -0.2) is 51.4 Å². The second-order valence-electron chi connectivity index (χ2n) is 5.83. The van der Waals surface area contributed by atoms with Crippen molar-refractivity contribution in [1.29, 1.82) is 0 Å². The van der Waals surface area contributed by atoms with Crippen molar-refractivity contribution in [2.75, 3.05) is 25.5 Å². The Morgan fingerprint density at radius 3 is 2.75 bits per heavy atom. The van der Waals surface area contributed by atoms with Gasteiger partial charge in [-0.05, 0) is 18.1 Å². The van der Waals surface area contributed by atoms with Crippen molar-refractivity contribution in [3.63, 3.8) is 0 Å². The number of imidazole rings is 1. The third kappa shape index (κ3) is 3.19. The Kier molecular flexibility index (Phi) is 4.41. The first-order valence-electron chi connectivity index (χ1n) is 7.70. The molecule has 1 amide bonds. The monoisotopic (exact) mass is 324 g/mol. The van der Waals surface area contributed by atoms with E-state index in [1.807, 2.05) is 32.3 Å². The minimum atomic E-state index is 0.0204. The van der Waals surface area contributed by atoms with Crippen LogP contribution in [0.15, 0.2) is 36.9 Å². The van der Waals surface area contributed by atoms with Crippen LogP contribution < -0.4 is 4.90 Å². The van der Waals surface area contributed by atoms with Crippen LogP contribution in [0, 0.1) is 6.92 Å². The number of nitrogens with zero attached hydrogens (tertiary/aromatic N) is 5. The van der Waals surface area contributed by atoms with E-state index in [1.165, 1.54) is 11.9 Å². The normalized spacial score (nSPS) is 10.8. The molecule has 0 radical (unpaired) electrons. The lowest BCUT2D eigenvalue weighted by Gasteiger charge is -2.23. The van der Waals surface area contributed by atoms with E-state index in [-0.39, 0.29) is 12.5 Å². The van der Waals surface area contributed by atoms with Crippen molar-refractivity contribution in [3.05, 3.63) is 48.0 Å². The summed E-state index contributed by atoms with van der Waals surface area (Å²) in [5, 5.41) is 0. The maximum Gasteiger partial charge on any atom is 0.242 e. The quantitative estimate of drug-likeness (QED) is 0.774. The van der Waals surface area contributed by atoms with Gasteiger partial charge in [-0.2, -0.15) is 0 Å². The summed E-state index contributed by atoms with van der Waals surface area (Å²) in [5.41, 5.74) is 3.65. The fourth-order valence-electron chi connectivity index (χ4n) is 2.57. The molecule has 0 aliphatic rings. The molecule has 0 fully saturated rings. The van der Waals surface area contributed by atoms with Crippen molar-refractivity contribution >= 4 is 22.9 Å². The Hall–Kier alpha value is -2.96. The van der Waals surface area contributed by atoms with Gasteiger partial charge in [0.2, 0.25) is 5.91 Å². The number of benzene rings is 1. The topological polar surface area (TPSA) is 78.0 Å². The Balaban J connectivity index is 1.70. The van der Waals surface area contributed by atoms with E-state index in [4.69, 9.17) is 0 Å². The lowest BCUT2D eigenvalue weighted by molar-refractivity contribution is -0.128. The van der Waals surface area contributed by atoms with E-state index in [9.17, 15) is 4.79 Å². The Morgan fingerprint density at radius 1 is 1.17 bits per heavy atom.